The fourth-order valence-corrected chi connectivity index (χ4v) is 9.57. The van der Waals surface area contributed by atoms with Crippen molar-refractivity contribution in [3.05, 3.63) is 169 Å². The SMILES string of the molecule is CC1(C)c2c(cc(-c3ccc(-c4ccc5c6c(cccc46)-c4ccccc4-5)cc3)c3ccccc23)-c2c1c1ccccc1c1ccccc21. The van der Waals surface area contributed by atoms with Gasteiger partial charge in [0.25, 0.3) is 0 Å². The number of fused-ring (bicyclic) bond motifs is 13. The maximum absolute atomic E-state index is 2.50. The van der Waals surface area contributed by atoms with Gasteiger partial charge in [-0.25, -0.2) is 0 Å². The van der Waals surface area contributed by atoms with E-state index in [1.54, 1.807) is 0 Å². The normalized spacial score (nSPS) is 13.7. The summed E-state index contributed by atoms with van der Waals surface area (Å²) in [5, 5.41) is 10.7. The zero-order valence-corrected chi connectivity index (χ0v) is 27.5. The minimum absolute atomic E-state index is 0.147. The highest BCUT2D eigenvalue weighted by molar-refractivity contribution is 6.21. The summed E-state index contributed by atoms with van der Waals surface area (Å²) in [6.45, 7) is 4.85. The zero-order valence-electron chi connectivity index (χ0n) is 27.5. The lowest BCUT2D eigenvalue weighted by Crippen LogP contribution is -2.16. The van der Waals surface area contributed by atoms with Gasteiger partial charge in [0.15, 0.2) is 0 Å². The molecular formula is C49H32. The topological polar surface area (TPSA) is 0 Å². The lowest BCUT2D eigenvalue weighted by molar-refractivity contribution is 0.672. The molecule has 9 aromatic rings. The Hall–Kier alpha value is -5.98. The Morgan fingerprint density at radius 3 is 1.47 bits per heavy atom. The minimum atomic E-state index is -0.147. The highest BCUT2D eigenvalue weighted by atomic mass is 14.4. The van der Waals surface area contributed by atoms with Crippen molar-refractivity contribution < 1.29 is 0 Å². The number of rotatable bonds is 2. The maximum atomic E-state index is 2.50. The van der Waals surface area contributed by atoms with Crippen molar-refractivity contribution in [1.82, 2.24) is 0 Å². The van der Waals surface area contributed by atoms with E-state index in [-0.39, 0.29) is 5.41 Å². The lowest BCUT2D eigenvalue weighted by Gasteiger charge is -2.25. The van der Waals surface area contributed by atoms with Crippen LogP contribution in [0.1, 0.15) is 25.0 Å². The van der Waals surface area contributed by atoms with Crippen molar-refractivity contribution in [2.75, 3.05) is 0 Å². The van der Waals surface area contributed by atoms with Gasteiger partial charge in [-0.05, 0) is 116 Å². The van der Waals surface area contributed by atoms with Gasteiger partial charge in [0.1, 0.15) is 0 Å². The molecule has 0 N–H and O–H groups in total. The summed E-state index contributed by atoms with van der Waals surface area (Å²) in [4.78, 5) is 0. The van der Waals surface area contributed by atoms with Crippen LogP contribution >= 0.6 is 0 Å². The van der Waals surface area contributed by atoms with E-state index in [2.05, 4.69) is 172 Å². The third-order valence-electron chi connectivity index (χ3n) is 11.6. The summed E-state index contributed by atoms with van der Waals surface area (Å²) in [7, 11) is 0. The van der Waals surface area contributed by atoms with Gasteiger partial charge >= 0.3 is 0 Å². The van der Waals surface area contributed by atoms with Crippen molar-refractivity contribution in [1.29, 1.82) is 0 Å². The molecule has 0 heteroatoms. The second-order valence-corrected chi connectivity index (χ2v) is 14.4. The third-order valence-corrected chi connectivity index (χ3v) is 11.6. The van der Waals surface area contributed by atoms with Crippen molar-refractivity contribution in [2.24, 2.45) is 0 Å². The van der Waals surface area contributed by atoms with E-state index >= 15 is 0 Å². The van der Waals surface area contributed by atoms with Crippen LogP contribution in [0.3, 0.4) is 0 Å². The fourth-order valence-electron chi connectivity index (χ4n) is 9.57. The number of benzene rings is 9. The van der Waals surface area contributed by atoms with Crippen molar-refractivity contribution in [3.63, 3.8) is 0 Å². The van der Waals surface area contributed by atoms with Gasteiger partial charge in [-0.2, -0.15) is 0 Å². The minimum Gasteiger partial charge on any atom is -0.0616 e. The molecule has 228 valence electrons. The first-order valence-electron chi connectivity index (χ1n) is 17.4. The van der Waals surface area contributed by atoms with Gasteiger partial charge in [-0.15, -0.1) is 0 Å². The average Bonchev–Trinajstić information content (AvgIpc) is 3.61. The van der Waals surface area contributed by atoms with Crippen molar-refractivity contribution >= 4 is 43.1 Å². The van der Waals surface area contributed by atoms with Crippen molar-refractivity contribution in [2.45, 2.75) is 19.3 Å². The molecule has 0 bridgehead atoms. The molecule has 0 fully saturated rings. The van der Waals surface area contributed by atoms with E-state index in [1.165, 1.54) is 110 Å². The van der Waals surface area contributed by atoms with Crippen LogP contribution in [0.15, 0.2) is 158 Å². The molecule has 0 aliphatic heterocycles. The molecule has 2 aliphatic rings. The Balaban J connectivity index is 1.13. The lowest BCUT2D eigenvalue weighted by atomic mass is 9.77. The van der Waals surface area contributed by atoms with E-state index in [1.807, 2.05) is 0 Å². The standard InChI is InChI=1S/C49H32/c1-49(2)47-41-18-9-7-16-36(41)43(28-44(47)46-39-17-8-5-14-34(39)35-15-6-10-19-42(35)48(46)49)30-24-22-29(23-25-30)31-26-27-40-33-13-4-3-12-32(33)38-21-11-20-37(31)45(38)40/h3-28H,1-2H3. The Morgan fingerprint density at radius 2 is 0.776 bits per heavy atom. The first-order chi connectivity index (χ1) is 24.1. The Labute approximate surface area is 285 Å². The molecule has 0 nitrogen and oxygen atoms in total. The second kappa shape index (κ2) is 9.56. The maximum Gasteiger partial charge on any atom is 0.0171 e. The average molecular weight is 621 g/mol. The summed E-state index contributed by atoms with van der Waals surface area (Å²) in [6.07, 6.45) is 0. The van der Waals surface area contributed by atoms with Gasteiger partial charge < -0.3 is 0 Å². The molecule has 0 amide bonds. The molecule has 0 heterocycles. The largest absolute Gasteiger partial charge is 0.0616 e. The summed E-state index contributed by atoms with van der Waals surface area (Å²) in [5.74, 6) is 0. The van der Waals surface area contributed by atoms with Crippen LogP contribution in [0.25, 0.3) is 98.7 Å². The summed E-state index contributed by atoms with van der Waals surface area (Å²) in [5.41, 5.74) is 15.9. The smallest absolute Gasteiger partial charge is 0.0171 e. The van der Waals surface area contributed by atoms with Gasteiger partial charge in [-0.1, -0.05) is 166 Å². The fraction of sp³-hybridized carbons (Fsp3) is 0.0612. The first-order valence-corrected chi connectivity index (χ1v) is 17.4. The number of hydrogen-bond acceptors (Lipinski definition) is 0. The molecule has 9 aromatic carbocycles. The second-order valence-electron chi connectivity index (χ2n) is 14.4. The molecule has 0 atom stereocenters. The van der Waals surface area contributed by atoms with Crippen molar-refractivity contribution in [3.8, 4) is 55.6 Å². The molecule has 0 saturated heterocycles. The van der Waals surface area contributed by atoms with Crippen LogP contribution in [-0.2, 0) is 5.41 Å². The zero-order chi connectivity index (χ0) is 32.4. The molecule has 0 unspecified atom stereocenters. The van der Waals surface area contributed by atoms with Crippen LogP contribution in [0.5, 0.6) is 0 Å². The third kappa shape index (κ3) is 3.48. The Morgan fingerprint density at radius 1 is 0.306 bits per heavy atom. The molecule has 0 saturated carbocycles. The Bertz CT molecular complexity index is 2850. The van der Waals surface area contributed by atoms with Crippen LogP contribution in [0, 0.1) is 0 Å². The van der Waals surface area contributed by atoms with Crippen LogP contribution in [0.2, 0.25) is 0 Å². The predicted molar refractivity (Wildman–Crippen MR) is 209 cm³/mol. The molecule has 11 rings (SSSR count). The van der Waals surface area contributed by atoms with Crippen LogP contribution in [0.4, 0.5) is 0 Å². The summed E-state index contributed by atoms with van der Waals surface area (Å²) < 4.78 is 0. The Kier molecular flexibility index (Phi) is 5.27. The van der Waals surface area contributed by atoms with Gasteiger partial charge in [-0.3, -0.25) is 0 Å². The van der Waals surface area contributed by atoms with Gasteiger partial charge in [0.2, 0.25) is 0 Å². The van der Waals surface area contributed by atoms with Crippen LogP contribution < -0.4 is 0 Å². The summed E-state index contributed by atoms with van der Waals surface area (Å²) in [6, 6.07) is 59.1. The molecule has 0 aromatic heterocycles. The molecule has 2 aliphatic carbocycles. The number of hydrogen-bond donors (Lipinski definition) is 0. The molecular weight excluding hydrogens is 589 g/mol. The predicted octanol–water partition coefficient (Wildman–Crippen LogP) is 13.6. The van der Waals surface area contributed by atoms with E-state index in [4.69, 9.17) is 0 Å². The van der Waals surface area contributed by atoms with Gasteiger partial charge in [0.05, 0.1) is 0 Å². The van der Waals surface area contributed by atoms with E-state index in [0.29, 0.717) is 0 Å². The van der Waals surface area contributed by atoms with E-state index < -0.39 is 0 Å². The van der Waals surface area contributed by atoms with Crippen LogP contribution in [-0.4, -0.2) is 0 Å². The summed E-state index contributed by atoms with van der Waals surface area (Å²) >= 11 is 0. The van der Waals surface area contributed by atoms with E-state index in [9.17, 15) is 0 Å². The molecule has 49 heavy (non-hydrogen) atoms. The first kappa shape index (κ1) is 27.0. The molecule has 0 spiro atoms. The molecule has 0 radical (unpaired) electrons. The highest BCUT2D eigenvalue weighted by Crippen LogP contribution is 2.57. The van der Waals surface area contributed by atoms with Gasteiger partial charge in [0, 0.05) is 5.41 Å². The van der Waals surface area contributed by atoms with E-state index in [0.717, 1.165) is 0 Å². The monoisotopic (exact) mass is 620 g/mol. The highest BCUT2D eigenvalue weighted by Gasteiger charge is 2.40. The quantitative estimate of drug-likeness (QED) is 0.169.